The van der Waals surface area contributed by atoms with Crippen LogP contribution in [0.1, 0.15) is 34.1 Å². The van der Waals surface area contributed by atoms with Crippen molar-refractivity contribution < 1.29 is 23.6 Å². The Morgan fingerprint density at radius 3 is 2.74 bits per heavy atom. The van der Waals surface area contributed by atoms with E-state index >= 15 is 0 Å². The SMILES string of the molecule is CCOC(=O)c1cc2cc(OC)c(O)c(Cn3ccnc3)c2nc1CS(=O)c1cccc(C)c1. The molecule has 8 nitrogen and oxygen atoms in total. The van der Waals surface area contributed by atoms with Crippen LogP contribution in [0.2, 0.25) is 0 Å². The number of aromatic nitrogens is 3. The van der Waals surface area contributed by atoms with E-state index in [1.807, 2.05) is 25.1 Å². The molecule has 0 aliphatic carbocycles. The molecule has 0 radical (unpaired) electrons. The Morgan fingerprint density at radius 1 is 1.24 bits per heavy atom. The summed E-state index contributed by atoms with van der Waals surface area (Å²) in [4.78, 5) is 22.2. The highest BCUT2D eigenvalue weighted by Gasteiger charge is 2.22. The summed E-state index contributed by atoms with van der Waals surface area (Å²) in [7, 11) is 0.0188. The number of esters is 1. The molecule has 0 amide bonds. The fraction of sp³-hybridized carbons (Fsp3) is 0.240. The smallest absolute Gasteiger partial charge is 0.340 e. The molecule has 1 N–H and O–H groups in total. The number of hydrogen-bond acceptors (Lipinski definition) is 7. The van der Waals surface area contributed by atoms with Crippen LogP contribution in [0.4, 0.5) is 0 Å². The van der Waals surface area contributed by atoms with Crippen molar-refractivity contribution in [1.82, 2.24) is 14.5 Å². The lowest BCUT2D eigenvalue weighted by atomic mass is 10.0. The lowest BCUT2D eigenvalue weighted by Crippen LogP contribution is -2.13. The number of benzene rings is 2. The van der Waals surface area contributed by atoms with E-state index in [9.17, 15) is 14.1 Å². The summed E-state index contributed by atoms with van der Waals surface area (Å²) in [5.74, 6) is -0.317. The monoisotopic (exact) mass is 479 g/mol. The summed E-state index contributed by atoms with van der Waals surface area (Å²) in [6.07, 6.45) is 5.04. The van der Waals surface area contributed by atoms with Crippen LogP contribution in [0.25, 0.3) is 10.9 Å². The zero-order chi connectivity index (χ0) is 24.2. The van der Waals surface area contributed by atoms with Gasteiger partial charge in [-0.05, 0) is 43.7 Å². The van der Waals surface area contributed by atoms with E-state index < -0.39 is 16.8 Å². The molecule has 0 fully saturated rings. The molecule has 4 aromatic rings. The van der Waals surface area contributed by atoms with Gasteiger partial charge < -0.3 is 19.1 Å². The van der Waals surface area contributed by atoms with Crippen LogP contribution in [0.3, 0.4) is 0 Å². The molecule has 0 aliphatic rings. The first kappa shape index (κ1) is 23.4. The third kappa shape index (κ3) is 4.79. The van der Waals surface area contributed by atoms with Crippen molar-refractivity contribution in [2.24, 2.45) is 0 Å². The minimum Gasteiger partial charge on any atom is -0.504 e. The third-order valence-electron chi connectivity index (χ3n) is 5.36. The number of phenolic OH excluding ortho intramolecular Hbond substituents is 1. The summed E-state index contributed by atoms with van der Waals surface area (Å²) in [5.41, 5.74) is 2.54. The summed E-state index contributed by atoms with van der Waals surface area (Å²) in [6.45, 7) is 4.13. The Hall–Kier alpha value is -3.72. The molecule has 2 aromatic carbocycles. The number of aromatic hydroxyl groups is 1. The lowest BCUT2D eigenvalue weighted by Gasteiger charge is -2.16. The first-order chi connectivity index (χ1) is 16.4. The van der Waals surface area contributed by atoms with Crippen LogP contribution in [0.15, 0.2) is 60.0 Å². The second-order valence-corrected chi connectivity index (χ2v) is 9.17. The molecule has 34 heavy (non-hydrogen) atoms. The van der Waals surface area contributed by atoms with Crippen LogP contribution in [0.5, 0.6) is 11.5 Å². The molecule has 0 aliphatic heterocycles. The molecule has 0 saturated heterocycles. The number of pyridine rings is 1. The largest absolute Gasteiger partial charge is 0.504 e. The Labute approximate surface area is 199 Å². The van der Waals surface area contributed by atoms with E-state index in [-0.39, 0.29) is 36.0 Å². The van der Waals surface area contributed by atoms with E-state index in [1.165, 1.54) is 7.11 Å². The van der Waals surface area contributed by atoms with Gasteiger partial charge in [-0.25, -0.2) is 9.78 Å². The predicted octanol–water partition coefficient (Wildman–Crippen LogP) is 3.99. The normalized spacial score (nSPS) is 12.0. The van der Waals surface area contributed by atoms with Crippen molar-refractivity contribution in [3.8, 4) is 11.5 Å². The maximum atomic E-state index is 13.2. The number of rotatable bonds is 8. The zero-order valence-electron chi connectivity index (χ0n) is 19.1. The molecule has 0 bridgehead atoms. The average Bonchev–Trinajstić information content (AvgIpc) is 3.34. The number of imidazole rings is 1. The quantitative estimate of drug-likeness (QED) is 0.381. The molecule has 0 saturated carbocycles. The number of nitrogens with zero attached hydrogens (tertiary/aromatic N) is 3. The topological polar surface area (TPSA) is 104 Å². The fourth-order valence-electron chi connectivity index (χ4n) is 3.72. The van der Waals surface area contributed by atoms with Gasteiger partial charge in [0.25, 0.3) is 0 Å². The van der Waals surface area contributed by atoms with Gasteiger partial charge in [0.15, 0.2) is 11.5 Å². The second kappa shape index (κ2) is 10.0. The van der Waals surface area contributed by atoms with Gasteiger partial charge >= 0.3 is 5.97 Å². The summed E-state index contributed by atoms with van der Waals surface area (Å²) in [6, 6.07) is 10.7. The highest BCUT2D eigenvalue weighted by molar-refractivity contribution is 7.84. The molecule has 0 spiro atoms. The van der Waals surface area contributed by atoms with Gasteiger partial charge in [-0.3, -0.25) is 9.19 Å². The van der Waals surface area contributed by atoms with E-state index in [0.717, 1.165) is 5.56 Å². The van der Waals surface area contributed by atoms with Crippen LogP contribution in [0, 0.1) is 6.92 Å². The molecule has 1 unspecified atom stereocenters. The van der Waals surface area contributed by atoms with Gasteiger partial charge in [0.05, 0.1) is 59.9 Å². The first-order valence-corrected chi connectivity index (χ1v) is 12.0. The number of fused-ring (bicyclic) bond motifs is 1. The maximum absolute atomic E-state index is 13.2. The molecular formula is C25H25N3O5S. The van der Waals surface area contributed by atoms with Gasteiger partial charge in [0, 0.05) is 28.2 Å². The Kier molecular flexibility index (Phi) is 6.93. The van der Waals surface area contributed by atoms with Gasteiger partial charge in [0.1, 0.15) is 0 Å². The average molecular weight is 480 g/mol. The molecule has 2 aromatic heterocycles. The summed E-state index contributed by atoms with van der Waals surface area (Å²) in [5, 5.41) is 11.5. The Balaban J connectivity index is 1.88. The van der Waals surface area contributed by atoms with E-state index in [0.29, 0.717) is 27.1 Å². The highest BCUT2D eigenvalue weighted by atomic mass is 32.2. The number of carbonyl (C=O) groups excluding carboxylic acids is 1. The van der Waals surface area contributed by atoms with Crippen molar-refractivity contribution in [3.63, 3.8) is 0 Å². The fourth-order valence-corrected chi connectivity index (χ4v) is 4.90. The molecule has 4 rings (SSSR count). The van der Waals surface area contributed by atoms with Crippen molar-refractivity contribution >= 4 is 27.7 Å². The minimum atomic E-state index is -1.44. The van der Waals surface area contributed by atoms with Crippen molar-refractivity contribution in [3.05, 3.63) is 77.5 Å². The number of carbonyl (C=O) groups is 1. The number of ether oxygens (including phenoxy) is 2. The van der Waals surface area contributed by atoms with Crippen LogP contribution >= 0.6 is 0 Å². The standard InChI is InChI=1S/C25H25N3O5S/c1-4-33-25(30)19-11-17-12-22(32-3)24(29)20(13-28-9-8-26-15-28)23(17)27-21(19)14-34(31)18-7-5-6-16(2)10-18/h5-12,15,29H,4,13-14H2,1-3H3. The minimum absolute atomic E-state index is 0.0187. The zero-order valence-corrected chi connectivity index (χ0v) is 20.0. The van der Waals surface area contributed by atoms with Crippen molar-refractivity contribution in [2.45, 2.75) is 31.0 Å². The molecule has 9 heteroatoms. The number of aryl methyl sites for hydroxylation is 1. The van der Waals surface area contributed by atoms with Gasteiger partial charge in [0.2, 0.25) is 0 Å². The number of phenols is 1. The molecule has 1 atom stereocenters. The highest BCUT2D eigenvalue weighted by Crippen LogP contribution is 2.37. The lowest BCUT2D eigenvalue weighted by molar-refractivity contribution is 0.0525. The number of methoxy groups -OCH3 is 1. The maximum Gasteiger partial charge on any atom is 0.340 e. The third-order valence-corrected chi connectivity index (χ3v) is 6.67. The van der Waals surface area contributed by atoms with Gasteiger partial charge in [-0.1, -0.05) is 12.1 Å². The van der Waals surface area contributed by atoms with Crippen LogP contribution in [-0.4, -0.2) is 43.5 Å². The number of hydrogen-bond donors (Lipinski definition) is 1. The molecular weight excluding hydrogens is 454 g/mol. The molecule has 176 valence electrons. The Morgan fingerprint density at radius 2 is 2.06 bits per heavy atom. The van der Waals surface area contributed by atoms with Crippen molar-refractivity contribution in [1.29, 1.82) is 0 Å². The summed E-state index contributed by atoms with van der Waals surface area (Å²) >= 11 is 0. The first-order valence-electron chi connectivity index (χ1n) is 10.7. The predicted molar refractivity (Wildman–Crippen MR) is 129 cm³/mol. The van der Waals surface area contributed by atoms with E-state index in [4.69, 9.17) is 14.5 Å². The van der Waals surface area contributed by atoms with Crippen molar-refractivity contribution in [2.75, 3.05) is 13.7 Å². The van der Waals surface area contributed by atoms with E-state index in [1.54, 1.807) is 48.4 Å². The van der Waals surface area contributed by atoms with Gasteiger partial charge in [-0.2, -0.15) is 0 Å². The second-order valence-electron chi connectivity index (χ2n) is 7.72. The van der Waals surface area contributed by atoms with E-state index in [2.05, 4.69) is 4.98 Å². The summed E-state index contributed by atoms with van der Waals surface area (Å²) < 4.78 is 25.6. The molecule has 2 heterocycles. The Bertz CT molecular complexity index is 1370. The van der Waals surface area contributed by atoms with Crippen LogP contribution in [-0.2, 0) is 27.8 Å². The van der Waals surface area contributed by atoms with Crippen LogP contribution < -0.4 is 4.74 Å². The van der Waals surface area contributed by atoms with Gasteiger partial charge in [-0.15, -0.1) is 0 Å².